The summed E-state index contributed by atoms with van der Waals surface area (Å²) >= 11 is 0. The number of aliphatic hydroxyl groups is 1. The normalized spacial score (nSPS) is 15.8. The summed E-state index contributed by atoms with van der Waals surface area (Å²) in [6.45, 7) is 2.41. The maximum Gasteiger partial charge on any atom is 0.294 e. The predicted molar refractivity (Wildman–Crippen MR) is 131 cm³/mol. The number of allylic oxidation sites excluding steroid dienone is 1. The van der Waals surface area contributed by atoms with Gasteiger partial charge in [0, 0.05) is 5.69 Å². The molecule has 1 aliphatic heterocycles. The van der Waals surface area contributed by atoms with Gasteiger partial charge in [0.15, 0.2) is 11.5 Å². The maximum absolute atomic E-state index is 13.3. The monoisotopic (exact) mass is 455 g/mol. The van der Waals surface area contributed by atoms with Crippen LogP contribution in [-0.4, -0.2) is 30.5 Å². The van der Waals surface area contributed by atoms with Gasteiger partial charge in [0.1, 0.15) is 11.5 Å². The smallest absolute Gasteiger partial charge is 0.294 e. The molecule has 6 nitrogen and oxygen atoms in total. The second-order valence-corrected chi connectivity index (χ2v) is 7.65. The summed E-state index contributed by atoms with van der Waals surface area (Å²) in [4.78, 5) is 27.9. The highest BCUT2D eigenvalue weighted by molar-refractivity contribution is 6.19. The van der Waals surface area contributed by atoms with E-state index >= 15 is 0 Å². The van der Waals surface area contributed by atoms with Crippen LogP contribution >= 0.6 is 0 Å². The van der Waals surface area contributed by atoms with E-state index in [4.69, 9.17) is 9.47 Å². The Hall–Kier alpha value is -4.32. The summed E-state index contributed by atoms with van der Waals surface area (Å²) in [6, 6.07) is 22.6. The molecule has 0 bridgehead atoms. The first kappa shape index (κ1) is 22.9. The summed E-state index contributed by atoms with van der Waals surface area (Å²) in [5, 5.41) is 10.8. The van der Waals surface area contributed by atoms with Gasteiger partial charge in [-0.25, -0.2) is 0 Å². The third-order valence-corrected chi connectivity index (χ3v) is 5.56. The standard InChI is InChI=1S/C28H25NO5/c1-3-34-23-16-12-21(13-17-23)29-26(20-10-14-22(33-2)15-11-20)25(27(31)28(29)32)24(30)18-9-19-7-5-4-6-8-19/h4-18,26,31H,3H2,1-2H3. The Morgan fingerprint density at radius 1 is 0.971 bits per heavy atom. The number of anilines is 1. The van der Waals surface area contributed by atoms with Crippen LogP contribution in [0.15, 0.2) is 96.3 Å². The van der Waals surface area contributed by atoms with Gasteiger partial charge >= 0.3 is 0 Å². The summed E-state index contributed by atoms with van der Waals surface area (Å²) in [5.41, 5.74) is 2.07. The van der Waals surface area contributed by atoms with E-state index in [0.29, 0.717) is 29.4 Å². The van der Waals surface area contributed by atoms with Crippen molar-refractivity contribution in [1.82, 2.24) is 0 Å². The molecule has 1 heterocycles. The van der Waals surface area contributed by atoms with E-state index < -0.39 is 23.5 Å². The predicted octanol–water partition coefficient (Wildman–Crippen LogP) is 5.28. The first-order valence-corrected chi connectivity index (χ1v) is 10.9. The average Bonchev–Trinajstić information content (AvgIpc) is 3.14. The van der Waals surface area contributed by atoms with E-state index in [1.165, 1.54) is 11.0 Å². The van der Waals surface area contributed by atoms with Gasteiger partial charge in [0.05, 0.1) is 25.3 Å². The van der Waals surface area contributed by atoms with Gasteiger partial charge < -0.3 is 14.6 Å². The van der Waals surface area contributed by atoms with Gasteiger partial charge in [-0.1, -0.05) is 48.5 Å². The Bertz CT molecular complexity index is 1230. The molecule has 0 aromatic heterocycles. The lowest BCUT2D eigenvalue weighted by Crippen LogP contribution is -2.30. The molecule has 0 spiro atoms. The highest BCUT2D eigenvalue weighted by atomic mass is 16.5. The molecule has 3 aromatic rings. The Morgan fingerprint density at radius 3 is 2.24 bits per heavy atom. The van der Waals surface area contributed by atoms with E-state index in [1.54, 1.807) is 61.7 Å². The van der Waals surface area contributed by atoms with Crippen LogP contribution in [0.1, 0.15) is 24.1 Å². The van der Waals surface area contributed by atoms with E-state index in [-0.39, 0.29) is 5.57 Å². The molecule has 34 heavy (non-hydrogen) atoms. The third-order valence-electron chi connectivity index (χ3n) is 5.56. The molecule has 172 valence electrons. The van der Waals surface area contributed by atoms with E-state index in [2.05, 4.69) is 0 Å². The number of carbonyl (C=O) groups is 2. The molecule has 1 amide bonds. The van der Waals surface area contributed by atoms with Crippen molar-refractivity contribution in [2.45, 2.75) is 13.0 Å². The number of hydrogen-bond donors (Lipinski definition) is 1. The Balaban J connectivity index is 1.75. The molecular weight excluding hydrogens is 430 g/mol. The van der Waals surface area contributed by atoms with Crippen LogP contribution in [0.25, 0.3) is 6.08 Å². The van der Waals surface area contributed by atoms with Gasteiger partial charge in [-0.15, -0.1) is 0 Å². The van der Waals surface area contributed by atoms with Crippen molar-refractivity contribution in [2.24, 2.45) is 0 Å². The number of amides is 1. The van der Waals surface area contributed by atoms with E-state index in [0.717, 1.165) is 5.56 Å². The first-order chi connectivity index (χ1) is 16.5. The lowest BCUT2D eigenvalue weighted by atomic mass is 9.95. The molecule has 6 heteroatoms. The minimum Gasteiger partial charge on any atom is -0.503 e. The van der Waals surface area contributed by atoms with Crippen molar-refractivity contribution in [1.29, 1.82) is 0 Å². The highest BCUT2D eigenvalue weighted by Gasteiger charge is 2.43. The van der Waals surface area contributed by atoms with Gasteiger partial charge in [-0.3, -0.25) is 14.5 Å². The first-order valence-electron chi connectivity index (χ1n) is 10.9. The fraction of sp³-hybridized carbons (Fsp3) is 0.143. The second-order valence-electron chi connectivity index (χ2n) is 7.65. The van der Waals surface area contributed by atoms with Crippen molar-refractivity contribution >= 4 is 23.5 Å². The fourth-order valence-electron chi connectivity index (χ4n) is 3.92. The zero-order valence-corrected chi connectivity index (χ0v) is 19.0. The topological polar surface area (TPSA) is 76.1 Å². The number of rotatable bonds is 8. The highest BCUT2D eigenvalue weighted by Crippen LogP contribution is 2.41. The minimum atomic E-state index is -0.802. The lowest BCUT2D eigenvalue weighted by molar-refractivity contribution is -0.117. The molecule has 1 atom stereocenters. The zero-order valence-electron chi connectivity index (χ0n) is 19.0. The van der Waals surface area contributed by atoms with E-state index in [9.17, 15) is 14.7 Å². The number of methoxy groups -OCH3 is 1. The van der Waals surface area contributed by atoms with Crippen LogP contribution in [0.4, 0.5) is 5.69 Å². The summed E-state index contributed by atoms with van der Waals surface area (Å²) in [7, 11) is 1.56. The Kier molecular flexibility index (Phi) is 6.78. The SMILES string of the molecule is CCOc1ccc(N2C(=O)C(O)=C(C(=O)C=Cc3ccccc3)C2c2ccc(OC)cc2)cc1. The number of nitrogens with zero attached hydrogens (tertiary/aromatic N) is 1. The molecule has 3 aromatic carbocycles. The molecule has 1 aliphatic rings. The fourth-order valence-corrected chi connectivity index (χ4v) is 3.92. The molecule has 0 radical (unpaired) electrons. The van der Waals surface area contributed by atoms with Crippen LogP contribution in [0.5, 0.6) is 11.5 Å². The number of hydrogen-bond acceptors (Lipinski definition) is 5. The van der Waals surface area contributed by atoms with E-state index in [1.807, 2.05) is 37.3 Å². The third kappa shape index (κ3) is 4.57. The van der Waals surface area contributed by atoms with Gasteiger partial charge in [-0.2, -0.15) is 0 Å². The molecule has 0 fully saturated rings. The molecular formula is C28H25NO5. The molecule has 0 aliphatic carbocycles. The van der Waals surface area contributed by atoms with Gasteiger partial charge in [0.2, 0.25) is 0 Å². The molecule has 0 saturated heterocycles. The summed E-state index contributed by atoms with van der Waals surface area (Å²) < 4.78 is 10.8. The van der Waals surface area contributed by atoms with Crippen molar-refractivity contribution < 1.29 is 24.2 Å². The van der Waals surface area contributed by atoms with Gasteiger partial charge in [0.25, 0.3) is 5.91 Å². The Morgan fingerprint density at radius 2 is 1.62 bits per heavy atom. The zero-order chi connectivity index (χ0) is 24.1. The summed E-state index contributed by atoms with van der Waals surface area (Å²) in [6.07, 6.45) is 3.05. The quantitative estimate of drug-likeness (QED) is 0.468. The number of aliphatic hydroxyl groups excluding tert-OH is 1. The minimum absolute atomic E-state index is 0.0243. The Labute approximate surface area is 198 Å². The largest absolute Gasteiger partial charge is 0.503 e. The average molecular weight is 456 g/mol. The number of benzene rings is 3. The van der Waals surface area contributed by atoms with Crippen LogP contribution in [0.3, 0.4) is 0 Å². The molecule has 4 rings (SSSR count). The second kappa shape index (κ2) is 10.1. The van der Waals surface area contributed by atoms with Crippen LogP contribution in [-0.2, 0) is 9.59 Å². The van der Waals surface area contributed by atoms with Crippen LogP contribution in [0.2, 0.25) is 0 Å². The van der Waals surface area contributed by atoms with Crippen molar-refractivity contribution in [3.05, 3.63) is 107 Å². The van der Waals surface area contributed by atoms with Crippen molar-refractivity contribution in [2.75, 3.05) is 18.6 Å². The van der Waals surface area contributed by atoms with Crippen molar-refractivity contribution in [3.8, 4) is 11.5 Å². The lowest BCUT2D eigenvalue weighted by Gasteiger charge is -2.27. The maximum atomic E-state index is 13.3. The molecule has 1 unspecified atom stereocenters. The van der Waals surface area contributed by atoms with Crippen LogP contribution in [0, 0.1) is 0 Å². The number of ether oxygens (including phenoxy) is 2. The van der Waals surface area contributed by atoms with Crippen molar-refractivity contribution in [3.63, 3.8) is 0 Å². The molecule has 0 saturated carbocycles. The van der Waals surface area contributed by atoms with Crippen LogP contribution < -0.4 is 14.4 Å². The van der Waals surface area contributed by atoms with Gasteiger partial charge in [-0.05, 0) is 60.5 Å². The molecule has 1 N–H and O–H groups in total. The summed E-state index contributed by atoms with van der Waals surface area (Å²) in [5.74, 6) is -0.327. The number of ketones is 1. The number of carbonyl (C=O) groups excluding carboxylic acids is 2.